The number of carbonyl (C=O) groups excluding carboxylic acids is 1. The van der Waals surface area contributed by atoms with Crippen LogP contribution in [0, 0.1) is 0 Å². The van der Waals surface area contributed by atoms with Gasteiger partial charge in [0, 0.05) is 23.2 Å². The Morgan fingerprint density at radius 1 is 1.35 bits per heavy atom. The molecule has 2 heterocycles. The number of pyridine rings is 1. The highest BCUT2D eigenvalue weighted by Crippen LogP contribution is 2.26. The van der Waals surface area contributed by atoms with E-state index in [2.05, 4.69) is 19.8 Å². The van der Waals surface area contributed by atoms with E-state index in [1.807, 2.05) is 12.1 Å². The van der Waals surface area contributed by atoms with Crippen molar-refractivity contribution >= 4 is 22.4 Å². The van der Waals surface area contributed by atoms with E-state index in [1.165, 1.54) is 18.1 Å². The van der Waals surface area contributed by atoms with Crippen LogP contribution in [-0.4, -0.2) is 32.8 Å². The number of fused-ring (bicyclic) bond motifs is 1. The molecule has 0 aliphatic carbocycles. The molecule has 0 radical (unpaired) electrons. The van der Waals surface area contributed by atoms with Crippen molar-refractivity contribution in [1.82, 2.24) is 19.7 Å². The predicted octanol–water partition coefficient (Wildman–Crippen LogP) is 1.18. The quantitative estimate of drug-likeness (QED) is 0.554. The van der Waals surface area contributed by atoms with Gasteiger partial charge in [0.25, 0.3) is 5.82 Å². The Bertz CT molecular complexity index is 796. The summed E-state index contributed by atoms with van der Waals surface area (Å²) in [4.78, 5) is 19.3. The zero-order chi connectivity index (χ0) is 14.1. The van der Waals surface area contributed by atoms with Crippen LogP contribution < -0.4 is 5.73 Å². The molecule has 3 aromatic rings. The number of esters is 1. The molecule has 0 saturated carbocycles. The first kappa shape index (κ1) is 12.1. The number of carbonyl (C=O) groups is 1. The van der Waals surface area contributed by atoms with Gasteiger partial charge in [0.1, 0.15) is 6.33 Å². The number of benzene rings is 1. The molecule has 0 aliphatic rings. The van der Waals surface area contributed by atoms with E-state index in [-0.39, 0.29) is 5.82 Å². The lowest BCUT2D eigenvalue weighted by atomic mass is 10.1. The molecule has 3 rings (SSSR count). The average Bonchev–Trinajstić information content (AvgIpc) is 2.97. The van der Waals surface area contributed by atoms with Crippen LogP contribution in [0.2, 0.25) is 0 Å². The number of nitrogens with zero attached hydrogens (tertiary/aromatic N) is 4. The van der Waals surface area contributed by atoms with Crippen LogP contribution in [0.4, 0.5) is 5.69 Å². The Morgan fingerprint density at radius 2 is 2.20 bits per heavy atom. The molecule has 0 atom stereocenters. The second kappa shape index (κ2) is 4.61. The van der Waals surface area contributed by atoms with Gasteiger partial charge in [0.2, 0.25) is 0 Å². The summed E-state index contributed by atoms with van der Waals surface area (Å²) in [6.07, 6.45) is 4.82. The van der Waals surface area contributed by atoms with Gasteiger partial charge >= 0.3 is 5.97 Å². The number of hydrogen-bond acceptors (Lipinski definition) is 6. The molecular formula is C13H11N5O2. The smallest absolute Gasteiger partial charge is 0.377 e. The van der Waals surface area contributed by atoms with Gasteiger partial charge in [-0.2, -0.15) is 0 Å². The maximum absolute atomic E-state index is 11.4. The largest absolute Gasteiger partial charge is 0.463 e. The number of ether oxygens (including phenoxy) is 1. The summed E-state index contributed by atoms with van der Waals surface area (Å²) in [7, 11) is 1.28. The highest BCUT2D eigenvalue weighted by atomic mass is 16.5. The fourth-order valence-corrected chi connectivity index (χ4v) is 1.94. The number of nitrogen functional groups attached to an aromatic ring is 1. The molecule has 2 N–H and O–H groups in total. The topological polar surface area (TPSA) is 95.9 Å². The number of methoxy groups -OCH3 is 1. The Labute approximate surface area is 114 Å². The Balaban J connectivity index is 2.12. The van der Waals surface area contributed by atoms with Gasteiger partial charge in [0.05, 0.1) is 18.5 Å². The minimum atomic E-state index is -0.590. The van der Waals surface area contributed by atoms with Gasteiger partial charge < -0.3 is 10.5 Å². The molecular weight excluding hydrogens is 258 g/mol. The first-order valence-electron chi connectivity index (χ1n) is 5.83. The van der Waals surface area contributed by atoms with Crippen molar-refractivity contribution in [2.45, 2.75) is 0 Å². The van der Waals surface area contributed by atoms with E-state index in [0.717, 1.165) is 10.8 Å². The molecule has 7 heteroatoms. The Kier molecular flexibility index (Phi) is 2.79. The van der Waals surface area contributed by atoms with Crippen LogP contribution in [0.5, 0.6) is 0 Å². The number of aromatic nitrogens is 4. The van der Waals surface area contributed by atoms with Crippen LogP contribution >= 0.6 is 0 Å². The maximum atomic E-state index is 11.4. The van der Waals surface area contributed by atoms with Gasteiger partial charge in [-0.15, -0.1) is 5.10 Å². The van der Waals surface area contributed by atoms with Crippen molar-refractivity contribution in [1.29, 1.82) is 0 Å². The predicted molar refractivity (Wildman–Crippen MR) is 72.4 cm³/mol. The average molecular weight is 269 g/mol. The van der Waals surface area contributed by atoms with Crippen LogP contribution in [0.25, 0.3) is 16.5 Å². The summed E-state index contributed by atoms with van der Waals surface area (Å²) in [6, 6.07) is 5.51. The molecule has 0 fully saturated rings. The zero-order valence-electron chi connectivity index (χ0n) is 10.6. The van der Waals surface area contributed by atoms with Crippen molar-refractivity contribution < 1.29 is 9.53 Å². The standard InChI is InChI=1S/C13H11N5O2/c1-20-13(19)12-16-7-18(17-12)10-3-2-8-6-15-5-4-9(8)11(10)14/h2-7H,14H2,1H3. The third kappa shape index (κ3) is 1.85. The Morgan fingerprint density at radius 3 is 3.00 bits per heavy atom. The summed E-state index contributed by atoms with van der Waals surface area (Å²) < 4.78 is 6.02. The second-order valence-electron chi connectivity index (χ2n) is 4.10. The monoisotopic (exact) mass is 269 g/mol. The fraction of sp³-hybridized carbons (Fsp3) is 0.0769. The van der Waals surface area contributed by atoms with Gasteiger partial charge in [-0.05, 0) is 12.1 Å². The molecule has 0 saturated heterocycles. The summed E-state index contributed by atoms with van der Waals surface area (Å²) in [5.41, 5.74) is 7.33. The van der Waals surface area contributed by atoms with Gasteiger partial charge in [-0.1, -0.05) is 6.07 Å². The summed E-state index contributed by atoms with van der Waals surface area (Å²) >= 11 is 0. The summed E-state index contributed by atoms with van der Waals surface area (Å²) in [5, 5.41) is 5.85. The normalized spacial score (nSPS) is 10.7. The first-order chi connectivity index (χ1) is 9.70. The molecule has 2 aromatic heterocycles. The molecule has 100 valence electrons. The maximum Gasteiger partial charge on any atom is 0.377 e. The third-order valence-electron chi connectivity index (χ3n) is 2.95. The molecule has 20 heavy (non-hydrogen) atoms. The van der Waals surface area contributed by atoms with E-state index >= 15 is 0 Å². The van der Waals surface area contributed by atoms with E-state index in [0.29, 0.717) is 11.4 Å². The molecule has 7 nitrogen and oxygen atoms in total. The van der Waals surface area contributed by atoms with E-state index in [1.54, 1.807) is 18.5 Å². The highest BCUT2D eigenvalue weighted by Gasteiger charge is 2.14. The van der Waals surface area contributed by atoms with Crippen molar-refractivity contribution in [3.8, 4) is 5.69 Å². The lowest BCUT2D eigenvalue weighted by Crippen LogP contribution is -2.06. The third-order valence-corrected chi connectivity index (χ3v) is 2.95. The molecule has 0 amide bonds. The van der Waals surface area contributed by atoms with Crippen molar-refractivity contribution in [3.63, 3.8) is 0 Å². The van der Waals surface area contributed by atoms with Crippen molar-refractivity contribution in [2.75, 3.05) is 12.8 Å². The Hall–Kier alpha value is -2.96. The van der Waals surface area contributed by atoms with E-state index < -0.39 is 5.97 Å². The lowest BCUT2D eigenvalue weighted by Gasteiger charge is -2.08. The number of nitrogens with two attached hydrogens (primary N) is 1. The van der Waals surface area contributed by atoms with Crippen LogP contribution in [0.15, 0.2) is 36.9 Å². The zero-order valence-corrected chi connectivity index (χ0v) is 10.6. The summed E-state index contributed by atoms with van der Waals surface area (Å²) in [6.45, 7) is 0. The van der Waals surface area contributed by atoms with Crippen LogP contribution in [-0.2, 0) is 4.74 Å². The van der Waals surface area contributed by atoms with Crippen molar-refractivity contribution in [3.05, 3.63) is 42.7 Å². The highest BCUT2D eigenvalue weighted by molar-refractivity contribution is 5.96. The molecule has 0 unspecified atom stereocenters. The van der Waals surface area contributed by atoms with E-state index in [9.17, 15) is 4.79 Å². The number of hydrogen-bond donors (Lipinski definition) is 1. The van der Waals surface area contributed by atoms with Crippen LogP contribution in [0.1, 0.15) is 10.6 Å². The number of anilines is 1. The van der Waals surface area contributed by atoms with Crippen molar-refractivity contribution in [2.24, 2.45) is 0 Å². The molecule has 0 spiro atoms. The molecule has 0 aliphatic heterocycles. The lowest BCUT2D eigenvalue weighted by molar-refractivity contribution is 0.0587. The fourth-order valence-electron chi connectivity index (χ4n) is 1.94. The molecule has 0 bridgehead atoms. The number of rotatable bonds is 2. The SMILES string of the molecule is COC(=O)c1ncn(-c2ccc3cnccc3c2N)n1. The first-order valence-corrected chi connectivity index (χ1v) is 5.83. The van der Waals surface area contributed by atoms with Gasteiger partial charge in [-0.3, -0.25) is 4.98 Å². The van der Waals surface area contributed by atoms with Gasteiger partial charge in [0.15, 0.2) is 0 Å². The van der Waals surface area contributed by atoms with E-state index in [4.69, 9.17) is 5.73 Å². The minimum absolute atomic E-state index is 0.0123. The van der Waals surface area contributed by atoms with Gasteiger partial charge in [-0.25, -0.2) is 14.5 Å². The van der Waals surface area contributed by atoms with Crippen LogP contribution in [0.3, 0.4) is 0 Å². The molecule has 1 aromatic carbocycles. The second-order valence-corrected chi connectivity index (χ2v) is 4.10. The minimum Gasteiger partial charge on any atom is -0.463 e. The summed E-state index contributed by atoms with van der Waals surface area (Å²) in [5.74, 6) is -0.603.